The molecule has 1 spiro atoms. The monoisotopic (exact) mass is 342 g/mol. The van der Waals surface area contributed by atoms with Crippen LogP contribution in [0, 0.1) is 6.92 Å². The molecule has 1 aromatic carbocycles. The number of hydrogen-bond donors (Lipinski definition) is 2. The van der Waals surface area contributed by atoms with Crippen LogP contribution in [0.1, 0.15) is 38.6 Å². The second kappa shape index (κ2) is 5.59. The van der Waals surface area contributed by atoms with Crippen molar-refractivity contribution in [3.8, 4) is 0 Å². The number of thiazole rings is 1. The van der Waals surface area contributed by atoms with Crippen molar-refractivity contribution in [1.82, 2.24) is 15.2 Å². The summed E-state index contributed by atoms with van der Waals surface area (Å²) in [6.07, 6.45) is 1.35. The molecule has 0 saturated carbocycles. The number of carbonyl (C=O) groups is 2. The van der Waals surface area contributed by atoms with Crippen molar-refractivity contribution in [3.05, 3.63) is 45.9 Å². The second-order valence-electron chi connectivity index (χ2n) is 6.27. The van der Waals surface area contributed by atoms with Gasteiger partial charge in [0, 0.05) is 31.6 Å². The Bertz CT molecular complexity index is 808. The average molecular weight is 342 g/mol. The third-order valence-electron chi connectivity index (χ3n) is 4.74. The smallest absolute Gasteiger partial charge is 0.265 e. The molecule has 0 aliphatic carbocycles. The fourth-order valence-electron chi connectivity index (χ4n) is 3.36. The lowest BCUT2D eigenvalue weighted by Gasteiger charge is -2.45. The number of amides is 2. The quantitative estimate of drug-likeness (QED) is 0.833. The van der Waals surface area contributed by atoms with E-state index in [9.17, 15) is 9.59 Å². The van der Waals surface area contributed by atoms with E-state index in [1.54, 1.807) is 5.51 Å². The highest BCUT2D eigenvalue weighted by Crippen LogP contribution is 2.31. The number of anilines is 1. The molecule has 2 aliphatic rings. The molecule has 124 valence electrons. The van der Waals surface area contributed by atoms with E-state index in [0.29, 0.717) is 36.4 Å². The number of rotatable bonds is 1. The lowest BCUT2D eigenvalue weighted by Crippen LogP contribution is -2.62. The molecule has 0 radical (unpaired) electrons. The molecule has 7 heteroatoms. The minimum absolute atomic E-state index is 0.0346. The van der Waals surface area contributed by atoms with Crippen LogP contribution in [0.25, 0.3) is 0 Å². The van der Waals surface area contributed by atoms with Crippen LogP contribution in [0.4, 0.5) is 5.69 Å². The molecule has 2 N–H and O–H groups in total. The zero-order valence-electron chi connectivity index (χ0n) is 13.3. The zero-order chi connectivity index (χ0) is 16.7. The summed E-state index contributed by atoms with van der Waals surface area (Å²) in [5, 5.41) is 6.56. The molecular formula is C17H18N4O2S. The Hall–Kier alpha value is -2.41. The highest BCUT2D eigenvalue weighted by molar-refractivity contribution is 7.11. The predicted molar refractivity (Wildman–Crippen MR) is 92.3 cm³/mol. The molecule has 3 heterocycles. The summed E-state index contributed by atoms with van der Waals surface area (Å²) in [5.41, 5.74) is 3.54. The summed E-state index contributed by atoms with van der Waals surface area (Å²) < 4.78 is 0. The highest BCUT2D eigenvalue weighted by atomic mass is 32.1. The van der Waals surface area contributed by atoms with Crippen LogP contribution in [-0.2, 0) is 0 Å². The van der Waals surface area contributed by atoms with Crippen molar-refractivity contribution in [2.45, 2.75) is 25.4 Å². The van der Waals surface area contributed by atoms with Gasteiger partial charge < -0.3 is 15.5 Å². The van der Waals surface area contributed by atoms with Gasteiger partial charge in [0.25, 0.3) is 11.8 Å². The number of carbonyl (C=O) groups excluding carboxylic acids is 2. The number of nitrogens with one attached hydrogen (secondary N) is 2. The molecule has 24 heavy (non-hydrogen) atoms. The zero-order valence-corrected chi connectivity index (χ0v) is 14.2. The van der Waals surface area contributed by atoms with Crippen LogP contribution in [0.2, 0.25) is 0 Å². The molecule has 0 atom stereocenters. The number of likely N-dealkylation sites (tertiary alicyclic amines) is 1. The van der Waals surface area contributed by atoms with Crippen LogP contribution < -0.4 is 10.6 Å². The van der Waals surface area contributed by atoms with Crippen LogP contribution in [0.3, 0.4) is 0 Å². The molecule has 4 rings (SSSR count). The van der Waals surface area contributed by atoms with E-state index in [0.717, 1.165) is 11.4 Å². The second-order valence-corrected chi connectivity index (χ2v) is 7.12. The summed E-state index contributed by atoms with van der Waals surface area (Å²) in [6.45, 7) is 3.06. The van der Waals surface area contributed by atoms with E-state index < -0.39 is 5.66 Å². The van der Waals surface area contributed by atoms with E-state index >= 15 is 0 Å². The number of aromatic nitrogens is 1. The highest BCUT2D eigenvalue weighted by Gasteiger charge is 2.41. The number of aryl methyl sites for hydroxylation is 1. The summed E-state index contributed by atoms with van der Waals surface area (Å²) in [6, 6.07) is 7.52. The van der Waals surface area contributed by atoms with Crippen molar-refractivity contribution in [2.75, 3.05) is 18.4 Å². The van der Waals surface area contributed by atoms with E-state index in [2.05, 4.69) is 15.6 Å². The van der Waals surface area contributed by atoms with Gasteiger partial charge in [0.05, 0.1) is 16.8 Å². The fourth-order valence-corrected chi connectivity index (χ4v) is 4.13. The molecule has 0 unspecified atom stereocenters. The molecule has 1 fully saturated rings. The Kier molecular flexibility index (Phi) is 3.53. The summed E-state index contributed by atoms with van der Waals surface area (Å²) in [5.74, 6) is -0.0187. The molecule has 2 amide bonds. The minimum Gasteiger partial charge on any atom is -0.362 e. The van der Waals surface area contributed by atoms with Gasteiger partial charge in [-0.15, -0.1) is 11.3 Å². The van der Waals surface area contributed by atoms with Gasteiger partial charge in [-0.2, -0.15) is 0 Å². The van der Waals surface area contributed by atoms with Gasteiger partial charge in [-0.25, -0.2) is 4.98 Å². The number of fused-ring (bicyclic) bond motifs is 1. The molecule has 6 nitrogen and oxygen atoms in total. The fraction of sp³-hybridized carbons (Fsp3) is 0.353. The third kappa shape index (κ3) is 2.45. The number of hydrogen-bond acceptors (Lipinski definition) is 5. The Morgan fingerprint density at radius 1 is 1.25 bits per heavy atom. The van der Waals surface area contributed by atoms with Crippen LogP contribution in [0.5, 0.6) is 0 Å². The first kappa shape index (κ1) is 15.1. The Morgan fingerprint density at radius 3 is 2.71 bits per heavy atom. The minimum atomic E-state index is -0.467. The van der Waals surface area contributed by atoms with E-state index in [1.807, 2.05) is 36.1 Å². The predicted octanol–water partition coefficient (Wildman–Crippen LogP) is 2.24. The van der Waals surface area contributed by atoms with Gasteiger partial charge in [-0.1, -0.05) is 12.1 Å². The van der Waals surface area contributed by atoms with Crippen molar-refractivity contribution in [1.29, 1.82) is 0 Å². The van der Waals surface area contributed by atoms with Gasteiger partial charge in [-0.3, -0.25) is 9.59 Å². The van der Waals surface area contributed by atoms with Gasteiger partial charge in [0.1, 0.15) is 10.5 Å². The van der Waals surface area contributed by atoms with Crippen LogP contribution in [0.15, 0.2) is 29.8 Å². The lowest BCUT2D eigenvalue weighted by molar-refractivity contribution is 0.0643. The summed E-state index contributed by atoms with van der Waals surface area (Å²) >= 11 is 1.38. The van der Waals surface area contributed by atoms with E-state index in [-0.39, 0.29) is 11.8 Å². The summed E-state index contributed by atoms with van der Waals surface area (Å²) in [4.78, 5) is 31.7. The molecular weight excluding hydrogens is 324 g/mol. The Labute approximate surface area is 143 Å². The van der Waals surface area contributed by atoms with Crippen LogP contribution >= 0.6 is 11.3 Å². The molecule has 2 aliphatic heterocycles. The standard InChI is InChI=1S/C17H18N4O2S/c1-11-14(24-10-18-11)16(23)21-8-6-17(7-9-21)19-13-5-3-2-4-12(13)15(22)20-17/h2-5,10,19H,6-9H2,1H3,(H,20,22). The van der Waals surface area contributed by atoms with Crippen LogP contribution in [-0.4, -0.2) is 40.5 Å². The largest absolute Gasteiger partial charge is 0.362 e. The van der Waals surface area contributed by atoms with E-state index in [1.165, 1.54) is 11.3 Å². The number of benzene rings is 1. The van der Waals surface area contributed by atoms with Crippen molar-refractivity contribution in [3.63, 3.8) is 0 Å². The normalized spacial score (nSPS) is 18.7. The first-order valence-electron chi connectivity index (χ1n) is 7.97. The molecule has 2 aromatic rings. The topological polar surface area (TPSA) is 74.3 Å². The first-order valence-corrected chi connectivity index (χ1v) is 8.85. The van der Waals surface area contributed by atoms with Crippen molar-refractivity contribution >= 4 is 28.8 Å². The SMILES string of the molecule is Cc1ncsc1C(=O)N1CCC2(CC1)NC(=O)c1ccccc1N2. The lowest BCUT2D eigenvalue weighted by atomic mass is 9.92. The van der Waals surface area contributed by atoms with Gasteiger partial charge in [0.15, 0.2) is 0 Å². The van der Waals surface area contributed by atoms with Crippen molar-refractivity contribution in [2.24, 2.45) is 0 Å². The van der Waals surface area contributed by atoms with E-state index in [4.69, 9.17) is 0 Å². The maximum absolute atomic E-state index is 12.6. The molecule has 1 aromatic heterocycles. The molecule has 1 saturated heterocycles. The maximum Gasteiger partial charge on any atom is 0.265 e. The molecule has 0 bridgehead atoms. The van der Waals surface area contributed by atoms with Gasteiger partial charge in [-0.05, 0) is 19.1 Å². The number of piperidine rings is 1. The Balaban J connectivity index is 1.50. The third-order valence-corrected chi connectivity index (χ3v) is 5.66. The Morgan fingerprint density at radius 2 is 2.00 bits per heavy atom. The van der Waals surface area contributed by atoms with Gasteiger partial charge in [0.2, 0.25) is 0 Å². The maximum atomic E-state index is 12.6. The van der Waals surface area contributed by atoms with Crippen molar-refractivity contribution < 1.29 is 9.59 Å². The number of nitrogens with zero attached hydrogens (tertiary/aromatic N) is 2. The summed E-state index contributed by atoms with van der Waals surface area (Å²) in [7, 11) is 0. The average Bonchev–Trinajstić information content (AvgIpc) is 3.01. The van der Waals surface area contributed by atoms with Gasteiger partial charge >= 0.3 is 0 Å². The number of para-hydroxylation sites is 1. The first-order chi connectivity index (χ1) is 11.6.